The maximum absolute atomic E-state index is 12.3. The third-order valence-corrected chi connectivity index (χ3v) is 5.37. The Kier molecular flexibility index (Phi) is 5.17. The summed E-state index contributed by atoms with van der Waals surface area (Å²) in [5, 5.41) is 4.07. The Balaban J connectivity index is 2.03. The van der Waals surface area contributed by atoms with Crippen LogP contribution in [0.1, 0.15) is 39.0 Å². The van der Waals surface area contributed by atoms with E-state index in [0.717, 1.165) is 25.7 Å². The topological polar surface area (TPSA) is 90.0 Å². The average Bonchev–Trinajstić information content (AvgIpc) is 2.88. The first kappa shape index (κ1) is 15.5. The molecule has 2 atom stereocenters. The van der Waals surface area contributed by atoms with Crippen molar-refractivity contribution in [3.05, 3.63) is 12.4 Å². The Morgan fingerprint density at radius 1 is 1.45 bits per heavy atom. The molecule has 1 aliphatic carbocycles. The first-order chi connectivity index (χ1) is 9.53. The van der Waals surface area contributed by atoms with E-state index in [-0.39, 0.29) is 10.9 Å². The van der Waals surface area contributed by atoms with Crippen LogP contribution in [0.25, 0.3) is 0 Å². The zero-order chi connectivity index (χ0) is 14.6. The minimum absolute atomic E-state index is 0.0427. The predicted molar refractivity (Wildman–Crippen MR) is 77.6 cm³/mol. The van der Waals surface area contributed by atoms with Gasteiger partial charge in [-0.15, -0.1) is 0 Å². The van der Waals surface area contributed by atoms with Gasteiger partial charge in [0, 0.05) is 18.8 Å². The summed E-state index contributed by atoms with van der Waals surface area (Å²) in [6.07, 6.45) is 8.06. The van der Waals surface area contributed by atoms with E-state index in [9.17, 15) is 8.42 Å². The zero-order valence-electron chi connectivity index (χ0n) is 12.0. The Hall–Kier alpha value is -0.920. The number of sulfonamides is 1. The van der Waals surface area contributed by atoms with Crippen molar-refractivity contribution < 1.29 is 8.42 Å². The summed E-state index contributed by atoms with van der Waals surface area (Å²) in [6, 6.07) is 0.0427. The molecule has 1 saturated carbocycles. The van der Waals surface area contributed by atoms with Gasteiger partial charge in [-0.1, -0.05) is 19.8 Å². The molecule has 1 aliphatic rings. The molecule has 114 valence electrons. The second kappa shape index (κ2) is 6.69. The average molecular weight is 300 g/mol. The van der Waals surface area contributed by atoms with Gasteiger partial charge in [-0.05, 0) is 31.7 Å². The molecule has 3 N–H and O–H groups in total. The fourth-order valence-corrected chi connectivity index (χ4v) is 3.95. The minimum atomic E-state index is -3.46. The first-order valence-corrected chi connectivity index (χ1v) is 8.76. The second-order valence-electron chi connectivity index (χ2n) is 5.57. The van der Waals surface area contributed by atoms with E-state index in [1.165, 1.54) is 12.6 Å². The van der Waals surface area contributed by atoms with Crippen molar-refractivity contribution in [3.8, 4) is 0 Å². The van der Waals surface area contributed by atoms with Crippen LogP contribution in [0.2, 0.25) is 0 Å². The lowest BCUT2D eigenvalue weighted by molar-refractivity contribution is 0.310. The highest BCUT2D eigenvalue weighted by molar-refractivity contribution is 7.89. The highest BCUT2D eigenvalue weighted by Crippen LogP contribution is 2.25. The largest absolute Gasteiger partial charge is 0.330 e. The van der Waals surface area contributed by atoms with Crippen molar-refractivity contribution in [1.82, 2.24) is 14.5 Å². The molecule has 0 aromatic carbocycles. The Bertz CT molecular complexity index is 526. The van der Waals surface area contributed by atoms with Crippen LogP contribution in [0.15, 0.2) is 17.3 Å². The van der Waals surface area contributed by atoms with Gasteiger partial charge in [0.25, 0.3) is 0 Å². The Morgan fingerprint density at radius 3 is 2.90 bits per heavy atom. The molecule has 1 aromatic heterocycles. The molecule has 0 radical (unpaired) electrons. The van der Waals surface area contributed by atoms with Gasteiger partial charge in [-0.2, -0.15) is 5.10 Å². The third-order valence-electron chi connectivity index (χ3n) is 3.93. The number of aryl methyl sites for hydroxylation is 1. The lowest BCUT2D eigenvalue weighted by atomic mass is 9.87. The molecule has 2 unspecified atom stereocenters. The summed E-state index contributed by atoms with van der Waals surface area (Å²) in [5.74, 6) is 0.394. The van der Waals surface area contributed by atoms with Gasteiger partial charge in [0.05, 0.1) is 6.20 Å². The number of nitrogens with two attached hydrogens (primary N) is 1. The molecule has 0 saturated heterocycles. The smallest absolute Gasteiger partial charge is 0.243 e. The molecule has 0 spiro atoms. The number of nitrogens with zero attached hydrogens (tertiary/aromatic N) is 2. The SMILES string of the molecule is CC1CCCCC1NS(=O)(=O)c1cnn(CCCN)c1. The lowest BCUT2D eigenvalue weighted by Crippen LogP contribution is -2.40. The first-order valence-electron chi connectivity index (χ1n) is 7.28. The van der Waals surface area contributed by atoms with Gasteiger partial charge in [0.2, 0.25) is 10.0 Å². The molecule has 1 fully saturated rings. The van der Waals surface area contributed by atoms with Crippen LogP contribution in [-0.4, -0.2) is 30.8 Å². The molecule has 2 rings (SSSR count). The molecular weight excluding hydrogens is 276 g/mol. The number of rotatable bonds is 6. The van der Waals surface area contributed by atoms with Crippen LogP contribution in [0.5, 0.6) is 0 Å². The number of hydrogen-bond donors (Lipinski definition) is 2. The van der Waals surface area contributed by atoms with Gasteiger partial charge in [-0.25, -0.2) is 13.1 Å². The van der Waals surface area contributed by atoms with E-state index in [2.05, 4.69) is 16.7 Å². The number of nitrogens with one attached hydrogen (secondary N) is 1. The van der Waals surface area contributed by atoms with Crippen LogP contribution in [0, 0.1) is 5.92 Å². The molecule has 1 aromatic rings. The van der Waals surface area contributed by atoms with Crippen molar-refractivity contribution in [2.75, 3.05) is 6.54 Å². The van der Waals surface area contributed by atoms with E-state index in [1.807, 2.05) is 0 Å². The standard InChI is InChI=1S/C13H24N4O2S/c1-11-5-2-3-6-13(11)16-20(18,19)12-9-15-17(10-12)8-4-7-14/h9-11,13,16H,2-8,14H2,1H3. The summed E-state index contributed by atoms with van der Waals surface area (Å²) < 4.78 is 29.1. The van der Waals surface area contributed by atoms with Gasteiger partial charge < -0.3 is 5.73 Å². The Labute approximate surface area is 120 Å². The molecule has 0 aliphatic heterocycles. The quantitative estimate of drug-likeness (QED) is 0.823. The van der Waals surface area contributed by atoms with E-state index in [4.69, 9.17) is 5.73 Å². The predicted octanol–water partition coefficient (Wildman–Crippen LogP) is 1.09. The van der Waals surface area contributed by atoms with Crippen LogP contribution < -0.4 is 10.5 Å². The maximum Gasteiger partial charge on any atom is 0.243 e. The van der Waals surface area contributed by atoms with E-state index >= 15 is 0 Å². The zero-order valence-corrected chi connectivity index (χ0v) is 12.8. The van der Waals surface area contributed by atoms with Gasteiger partial charge in [0.1, 0.15) is 4.90 Å². The molecule has 6 nitrogen and oxygen atoms in total. The van der Waals surface area contributed by atoms with Crippen LogP contribution in [-0.2, 0) is 16.6 Å². The van der Waals surface area contributed by atoms with Gasteiger partial charge in [0.15, 0.2) is 0 Å². The molecule has 1 heterocycles. The maximum atomic E-state index is 12.3. The second-order valence-corrected chi connectivity index (χ2v) is 7.28. The molecule has 7 heteroatoms. The van der Waals surface area contributed by atoms with Crippen LogP contribution in [0.3, 0.4) is 0 Å². The van der Waals surface area contributed by atoms with E-state index < -0.39 is 10.0 Å². The van der Waals surface area contributed by atoms with Crippen LogP contribution in [0.4, 0.5) is 0 Å². The van der Waals surface area contributed by atoms with Gasteiger partial charge >= 0.3 is 0 Å². The van der Waals surface area contributed by atoms with E-state index in [0.29, 0.717) is 19.0 Å². The van der Waals surface area contributed by atoms with Crippen molar-refractivity contribution >= 4 is 10.0 Å². The van der Waals surface area contributed by atoms with Crippen molar-refractivity contribution in [2.45, 2.75) is 56.5 Å². The molecule has 0 bridgehead atoms. The monoisotopic (exact) mass is 300 g/mol. The molecule has 0 amide bonds. The summed E-state index contributed by atoms with van der Waals surface area (Å²) >= 11 is 0. The Morgan fingerprint density at radius 2 is 2.20 bits per heavy atom. The van der Waals surface area contributed by atoms with Crippen molar-refractivity contribution in [1.29, 1.82) is 0 Å². The normalized spacial score (nSPS) is 23.9. The number of hydrogen-bond acceptors (Lipinski definition) is 4. The summed E-state index contributed by atoms with van der Waals surface area (Å²) in [4.78, 5) is 0.243. The van der Waals surface area contributed by atoms with Crippen LogP contribution >= 0.6 is 0 Å². The molecular formula is C13H24N4O2S. The minimum Gasteiger partial charge on any atom is -0.330 e. The third kappa shape index (κ3) is 3.80. The highest BCUT2D eigenvalue weighted by Gasteiger charge is 2.27. The lowest BCUT2D eigenvalue weighted by Gasteiger charge is -2.28. The highest BCUT2D eigenvalue weighted by atomic mass is 32.2. The fourth-order valence-electron chi connectivity index (χ4n) is 2.62. The molecule has 20 heavy (non-hydrogen) atoms. The van der Waals surface area contributed by atoms with Gasteiger partial charge in [-0.3, -0.25) is 4.68 Å². The fraction of sp³-hybridized carbons (Fsp3) is 0.769. The van der Waals surface area contributed by atoms with Crippen molar-refractivity contribution in [3.63, 3.8) is 0 Å². The summed E-state index contributed by atoms with van der Waals surface area (Å²) in [5.41, 5.74) is 5.44. The summed E-state index contributed by atoms with van der Waals surface area (Å²) in [6.45, 7) is 3.32. The van der Waals surface area contributed by atoms with E-state index in [1.54, 1.807) is 10.9 Å². The number of aromatic nitrogens is 2. The van der Waals surface area contributed by atoms with Crippen molar-refractivity contribution in [2.24, 2.45) is 11.7 Å². The summed E-state index contributed by atoms with van der Waals surface area (Å²) in [7, 11) is -3.46.